The number of carbonyl (C=O) groups excluding carboxylic acids is 1. The van der Waals surface area contributed by atoms with Gasteiger partial charge in [0.25, 0.3) is 5.91 Å². The molecule has 39 heavy (non-hydrogen) atoms. The Morgan fingerprint density at radius 1 is 1.05 bits per heavy atom. The SMILES string of the molecule is CCSc1nc2n(n1)C(c1ccc(OCc3cccc(C)c3)cc1)C(C(=O)Nc1cccc(C)c1C)=C(C)N2. The summed E-state index contributed by atoms with van der Waals surface area (Å²) >= 11 is 1.57. The molecule has 1 atom stereocenters. The number of ether oxygens (including phenoxy) is 1. The van der Waals surface area contributed by atoms with E-state index in [-0.39, 0.29) is 5.91 Å². The molecule has 0 saturated heterocycles. The van der Waals surface area contributed by atoms with E-state index >= 15 is 0 Å². The molecule has 1 aliphatic rings. The molecule has 2 N–H and O–H groups in total. The molecule has 1 unspecified atom stereocenters. The van der Waals surface area contributed by atoms with E-state index in [0.717, 1.165) is 45.1 Å². The number of amides is 1. The minimum Gasteiger partial charge on any atom is -0.489 e. The van der Waals surface area contributed by atoms with Gasteiger partial charge in [-0.25, -0.2) is 4.68 Å². The first-order valence-electron chi connectivity index (χ1n) is 13.1. The van der Waals surface area contributed by atoms with Crippen LogP contribution in [0.4, 0.5) is 11.6 Å². The maximum Gasteiger partial charge on any atom is 0.255 e. The van der Waals surface area contributed by atoms with Gasteiger partial charge in [0.1, 0.15) is 18.4 Å². The third-order valence-electron chi connectivity index (χ3n) is 6.89. The zero-order valence-corrected chi connectivity index (χ0v) is 23.7. The van der Waals surface area contributed by atoms with Crippen LogP contribution in [0, 0.1) is 20.8 Å². The molecule has 0 fully saturated rings. The van der Waals surface area contributed by atoms with Crippen molar-refractivity contribution in [2.24, 2.45) is 0 Å². The summed E-state index contributed by atoms with van der Waals surface area (Å²) in [5.74, 6) is 2.06. The number of rotatable bonds is 8. The molecule has 0 saturated carbocycles. The van der Waals surface area contributed by atoms with Crippen LogP contribution in [-0.4, -0.2) is 26.4 Å². The van der Waals surface area contributed by atoms with E-state index in [0.29, 0.717) is 23.3 Å². The third kappa shape index (κ3) is 5.71. The number of hydrogen-bond acceptors (Lipinski definition) is 6. The molecule has 1 aliphatic heterocycles. The summed E-state index contributed by atoms with van der Waals surface area (Å²) in [4.78, 5) is 18.5. The molecule has 2 heterocycles. The van der Waals surface area contributed by atoms with Crippen LogP contribution in [-0.2, 0) is 11.4 Å². The van der Waals surface area contributed by atoms with Gasteiger partial charge in [-0.05, 0) is 73.9 Å². The molecule has 4 aromatic rings. The molecule has 0 spiro atoms. The monoisotopic (exact) mass is 539 g/mol. The molecule has 5 rings (SSSR count). The maximum atomic E-state index is 13.8. The molecular weight excluding hydrogens is 506 g/mol. The average Bonchev–Trinajstić information content (AvgIpc) is 3.31. The van der Waals surface area contributed by atoms with Gasteiger partial charge in [0.05, 0.1) is 5.57 Å². The lowest BCUT2D eigenvalue weighted by Crippen LogP contribution is -2.31. The van der Waals surface area contributed by atoms with Crippen molar-refractivity contribution >= 4 is 29.3 Å². The molecule has 0 radical (unpaired) electrons. The van der Waals surface area contributed by atoms with Gasteiger partial charge in [-0.3, -0.25) is 4.79 Å². The number of nitrogens with zero attached hydrogens (tertiary/aromatic N) is 3. The number of hydrogen-bond donors (Lipinski definition) is 2. The van der Waals surface area contributed by atoms with Crippen LogP contribution >= 0.6 is 11.8 Å². The first kappa shape index (κ1) is 26.6. The average molecular weight is 540 g/mol. The first-order chi connectivity index (χ1) is 18.8. The molecule has 3 aromatic carbocycles. The summed E-state index contributed by atoms with van der Waals surface area (Å²) < 4.78 is 7.86. The number of fused-ring (bicyclic) bond motifs is 1. The van der Waals surface area contributed by atoms with E-state index in [4.69, 9.17) is 9.84 Å². The molecular formula is C31H33N5O2S. The molecule has 0 aliphatic carbocycles. The van der Waals surface area contributed by atoms with Crippen molar-refractivity contribution in [2.45, 2.75) is 52.4 Å². The lowest BCUT2D eigenvalue weighted by molar-refractivity contribution is -0.113. The lowest BCUT2D eigenvalue weighted by Gasteiger charge is -2.29. The van der Waals surface area contributed by atoms with Crippen molar-refractivity contribution < 1.29 is 9.53 Å². The van der Waals surface area contributed by atoms with Gasteiger partial charge in [0, 0.05) is 11.4 Å². The van der Waals surface area contributed by atoms with Gasteiger partial charge in [0.2, 0.25) is 11.1 Å². The molecule has 8 heteroatoms. The van der Waals surface area contributed by atoms with E-state index in [9.17, 15) is 4.79 Å². The Bertz CT molecular complexity index is 1540. The van der Waals surface area contributed by atoms with Crippen molar-refractivity contribution in [1.82, 2.24) is 14.8 Å². The zero-order chi connectivity index (χ0) is 27.5. The topological polar surface area (TPSA) is 81.1 Å². The number of allylic oxidation sites excluding steroid dienone is 1. The Hall–Kier alpha value is -4.04. The zero-order valence-electron chi connectivity index (χ0n) is 22.9. The number of carbonyl (C=O) groups is 1. The molecule has 7 nitrogen and oxygen atoms in total. The van der Waals surface area contributed by atoms with Crippen molar-refractivity contribution in [3.63, 3.8) is 0 Å². The predicted octanol–water partition coefficient (Wildman–Crippen LogP) is 6.82. The van der Waals surface area contributed by atoms with Crippen LogP contribution in [0.5, 0.6) is 5.75 Å². The third-order valence-corrected chi connectivity index (χ3v) is 7.61. The second kappa shape index (κ2) is 11.4. The smallest absolute Gasteiger partial charge is 0.255 e. The Balaban J connectivity index is 1.46. The highest BCUT2D eigenvalue weighted by Crippen LogP contribution is 2.37. The van der Waals surface area contributed by atoms with Crippen molar-refractivity contribution in [2.75, 3.05) is 16.4 Å². The van der Waals surface area contributed by atoms with Gasteiger partial charge in [0.15, 0.2) is 0 Å². The van der Waals surface area contributed by atoms with Crippen LogP contribution in [0.15, 0.2) is 83.2 Å². The molecule has 1 amide bonds. The van der Waals surface area contributed by atoms with Crippen LogP contribution < -0.4 is 15.4 Å². The van der Waals surface area contributed by atoms with Gasteiger partial charge >= 0.3 is 0 Å². The lowest BCUT2D eigenvalue weighted by atomic mass is 9.94. The molecule has 0 bridgehead atoms. The summed E-state index contributed by atoms with van der Waals surface area (Å²) in [7, 11) is 0. The highest BCUT2D eigenvalue weighted by atomic mass is 32.2. The Morgan fingerprint density at radius 2 is 1.82 bits per heavy atom. The number of thioether (sulfide) groups is 1. The maximum absolute atomic E-state index is 13.8. The highest BCUT2D eigenvalue weighted by Gasteiger charge is 2.34. The predicted molar refractivity (Wildman–Crippen MR) is 157 cm³/mol. The van der Waals surface area contributed by atoms with Crippen molar-refractivity contribution in [3.8, 4) is 5.75 Å². The van der Waals surface area contributed by atoms with E-state index < -0.39 is 6.04 Å². The fourth-order valence-corrected chi connectivity index (χ4v) is 5.27. The molecule has 1 aromatic heterocycles. The largest absolute Gasteiger partial charge is 0.489 e. The summed E-state index contributed by atoms with van der Waals surface area (Å²) in [5.41, 5.74) is 7.55. The second-order valence-electron chi connectivity index (χ2n) is 9.71. The number of benzene rings is 3. The highest BCUT2D eigenvalue weighted by molar-refractivity contribution is 7.99. The van der Waals surface area contributed by atoms with E-state index in [1.165, 1.54) is 5.56 Å². The Kier molecular flexibility index (Phi) is 7.74. The summed E-state index contributed by atoms with van der Waals surface area (Å²) in [6.45, 7) is 10.6. The second-order valence-corrected chi connectivity index (χ2v) is 10.9. The number of nitrogens with one attached hydrogen (secondary N) is 2. The Morgan fingerprint density at radius 3 is 2.56 bits per heavy atom. The van der Waals surface area contributed by atoms with Crippen LogP contribution in [0.2, 0.25) is 0 Å². The Labute approximate surface area is 233 Å². The first-order valence-corrected chi connectivity index (χ1v) is 14.1. The fraction of sp³-hybridized carbons (Fsp3) is 0.258. The van der Waals surface area contributed by atoms with E-state index in [1.54, 1.807) is 11.8 Å². The normalized spacial score (nSPS) is 14.5. The summed E-state index contributed by atoms with van der Waals surface area (Å²) in [6, 6.07) is 21.6. The van der Waals surface area contributed by atoms with Gasteiger partial charge in [-0.2, -0.15) is 4.98 Å². The van der Waals surface area contributed by atoms with Gasteiger partial charge < -0.3 is 15.4 Å². The fourth-order valence-electron chi connectivity index (χ4n) is 4.72. The van der Waals surface area contributed by atoms with Crippen molar-refractivity contribution in [3.05, 3.63) is 106 Å². The van der Waals surface area contributed by atoms with E-state index in [1.807, 2.05) is 74.0 Å². The number of aryl methyl sites for hydroxylation is 2. The van der Waals surface area contributed by atoms with Crippen molar-refractivity contribution in [1.29, 1.82) is 0 Å². The summed E-state index contributed by atoms with van der Waals surface area (Å²) in [6.07, 6.45) is 0. The quantitative estimate of drug-likeness (QED) is 0.239. The van der Waals surface area contributed by atoms with Crippen LogP contribution in [0.25, 0.3) is 0 Å². The summed E-state index contributed by atoms with van der Waals surface area (Å²) in [5, 5.41) is 11.9. The minimum atomic E-state index is -0.448. The van der Waals surface area contributed by atoms with Gasteiger partial charge in [-0.1, -0.05) is 72.8 Å². The number of anilines is 2. The minimum absolute atomic E-state index is 0.177. The van der Waals surface area contributed by atoms with Crippen LogP contribution in [0.1, 0.15) is 47.7 Å². The standard InChI is InChI=1S/C31H33N5O2S/c1-6-39-31-34-30-32-22(5)27(29(37)33-26-12-8-10-20(3)21(26)4)28(36(30)35-31)24-13-15-25(16-14-24)38-18-23-11-7-9-19(2)17-23/h7-17,28H,6,18H2,1-5H3,(H,33,37)(H,32,34,35). The number of aromatic nitrogens is 3. The van der Waals surface area contributed by atoms with Crippen LogP contribution in [0.3, 0.4) is 0 Å². The van der Waals surface area contributed by atoms with E-state index in [2.05, 4.69) is 47.7 Å². The van der Waals surface area contributed by atoms with Gasteiger partial charge in [-0.15, -0.1) is 5.10 Å². The molecule has 200 valence electrons.